The summed E-state index contributed by atoms with van der Waals surface area (Å²) in [5.74, 6) is 6.74. The molecule has 0 amide bonds. The van der Waals surface area contributed by atoms with Crippen molar-refractivity contribution in [2.75, 3.05) is 0 Å². The zero-order chi connectivity index (χ0) is 14.5. The molecule has 0 aromatic heterocycles. The molecule has 1 fully saturated rings. The predicted molar refractivity (Wildman–Crippen MR) is 89.9 cm³/mol. The molecule has 0 radical (unpaired) electrons. The number of unbranched alkanes of at least 4 members (excludes halogenated alkanes) is 7. The van der Waals surface area contributed by atoms with Crippen molar-refractivity contribution in [1.82, 2.24) is 5.32 Å². The van der Waals surface area contributed by atoms with E-state index in [4.69, 9.17) is 0 Å². The number of nitrogens with one attached hydrogen (secondary N) is 1. The molecule has 0 spiro atoms. The summed E-state index contributed by atoms with van der Waals surface area (Å²) in [4.78, 5) is 0. The second kappa shape index (κ2) is 12.3. The van der Waals surface area contributed by atoms with Crippen molar-refractivity contribution in [2.45, 2.75) is 109 Å². The Labute approximate surface area is 127 Å². The van der Waals surface area contributed by atoms with E-state index in [0.29, 0.717) is 6.04 Å². The highest BCUT2D eigenvalue weighted by molar-refractivity contribution is 5.02. The third kappa shape index (κ3) is 8.64. The van der Waals surface area contributed by atoms with E-state index in [0.717, 1.165) is 18.9 Å². The SMILES string of the molecule is CCCCCCC#CC[C@H]1CC[C@@H](CCCCCC)N1. The van der Waals surface area contributed by atoms with Crippen LogP contribution in [0.25, 0.3) is 0 Å². The fraction of sp³-hybridized carbons (Fsp3) is 0.895. The second-order valence-corrected chi connectivity index (χ2v) is 6.36. The lowest BCUT2D eigenvalue weighted by atomic mass is 10.1. The quantitative estimate of drug-likeness (QED) is 0.414. The Morgan fingerprint density at radius 2 is 1.50 bits per heavy atom. The van der Waals surface area contributed by atoms with Gasteiger partial charge in [0.05, 0.1) is 0 Å². The van der Waals surface area contributed by atoms with Gasteiger partial charge in [-0.05, 0) is 25.7 Å². The Morgan fingerprint density at radius 1 is 0.800 bits per heavy atom. The van der Waals surface area contributed by atoms with E-state index < -0.39 is 0 Å². The molecular weight excluding hydrogens is 242 g/mol. The minimum absolute atomic E-state index is 0.675. The van der Waals surface area contributed by atoms with Gasteiger partial charge in [-0.3, -0.25) is 0 Å². The van der Waals surface area contributed by atoms with Crippen LogP contribution in [0.15, 0.2) is 0 Å². The molecule has 0 aromatic carbocycles. The number of rotatable bonds is 10. The minimum atomic E-state index is 0.675. The first kappa shape index (κ1) is 17.6. The van der Waals surface area contributed by atoms with Crippen LogP contribution in [0.2, 0.25) is 0 Å². The fourth-order valence-corrected chi connectivity index (χ4v) is 3.03. The molecule has 116 valence electrons. The predicted octanol–water partition coefficient (Wildman–Crippen LogP) is 5.44. The van der Waals surface area contributed by atoms with E-state index in [1.807, 2.05) is 0 Å². The van der Waals surface area contributed by atoms with Crippen LogP contribution < -0.4 is 5.32 Å². The van der Waals surface area contributed by atoms with Crippen molar-refractivity contribution >= 4 is 0 Å². The summed E-state index contributed by atoms with van der Waals surface area (Å²) in [6.07, 6.45) is 17.1. The highest BCUT2D eigenvalue weighted by atomic mass is 15.0. The maximum atomic E-state index is 3.78. The monoisotopic (exact) mass is 277 g/mol. The van der Waals surface area contributed by atoms with Crippen LogP contribution >= 0.6 is 0 Å². The lowest BCUT2D eigenvalue weighted by Gasteiger charge is -2.12. The highest BCUT2D eigenvalue weighted by Gasteiger charge is 2.21. The van der Waals surface area contributed by atoms with Crippen LogP contribution in [0.5, 0.6) is 0 Å². The van der Waals surface area contributed by atoms with Crippen molar-refractivity contribution in [1.29, 1.82) is 0 Å². The molecule has 0 aromatic rings. The summed E-state index contributed by atoms with van der Waals surface area (Å²) < 4.78 is 0. The van der Waals surface area contributed by atoms with E-state index in [9.17, 15) is 0 Å². The molecule has 1 rings (SSSR count). The summed E-state index contributed by atoms with van der Waals surface area (Å²) in [5.41, 5.74) is 0. The highest BCUT2D eigenvalue weighted by Crippen LogP contribution is 2.19. The Bertz CT molecular complexity index is 273. The lowest BCUT2D eigenvalue weighted by molar-refractivity contribution is 0.486. The summed E-state index contributed by atoms with van der Waals surface area (Å²) in [6.45, 7) is 4.54. The molecule has 0 bridgehead atoms. The maximum Gasteiger partial charge on any atom is 0.0243 e. The van der Waals surface area contributed by atoms with Crippen molar-refractivity contribution in [3.05, 3.63) is 0 Å². The standard InChI is InChI=1S/C19H35N/c1-3-5-7-9-10-11-13-15-19-17-16-18(20-19)14-12-8-6-4-2/h18-20H,3-10,12,14-17H2,1-2H3/t18-,19+/m1/s1. The Balaban J connectivity index is 1.99. The number of hydrogen-bond acceptors (Lipinski definition) is 1. The molecule has 1 saturated heterocycles. The Morgan fingerprint density at radius 3 is 2.25 bits per heavy atom. The Kier molecular flexibility index (Phi) is 10.8. The molecule has 20 heavy (non-hydrogen) atoms. The van der Waals surface area contributed by atoms with Gasteiger partial charge in [-0.25, -0.2) is 0 Å². The van der Waals surface area contributed by atoms with Crippen molar-refractivity contribution < 1.29 is 0 Å². The average Bonchev–Trinajstić information content (AvgIpc) is 2.90. The molecule has 0 unspecified atom stereocenters. The van der Waals surface area contributed by atoms with Gasteiger partial charge in [0.1, 0.15) is 0 Å². The van der Waals surface area contributed by atoms with Crippen molar-refractivity contribution in [2.24, 2.45) is 0 Å². The third-order valence-electron chi connectivity index (χ3n) is 4.37. The first-order valence-corrected chi connectivity index (χ1v) is 9.08. The zero-order valence-electron chi connectivity index (χ0n) is 13.8. The van der Waals surface area contributed by atoms with E-state index in [1.165, 1.54) is 70.6 Å². The maximum absolute atomic E-state index is 3.78. The molecule has 0 aliphatic carbocycles. The van der Waals surface area contributed by atoms with Gasteiger partial charge in [0.2, 0.25) is 0 Å². The van der Waals surface area contributed by atoms with Crippen LogP contribution in [0, 0.1) is 11.8 Å². The van der Waals surface area contributed by atoms with Crippen LogP contribution in [-0.4, -0.2) is 12.1 Å². The second-order valence-electron chi connectivity index (χ2n) is 6.36. The largest absolute Gasteiger partial charge is 0.310 e. The average molecular weight is 277 g/mol. The molecule has 2 atom stereocenters. The summed E-state index contributed by atoms with van der Waals surface area (Å²) in [6, 6.07) is 1.46. The normalized spacial score (nSPS) is 21.7. The van der Waals surface area contributed by atoms with Crippen LogP contribution in [0.3, 0.4) is 0 Å². The zero-order valence-corrected chi connectivity index (χ0v) is 13.8. The van der Waals surface area contributed by atoms with Gasteiger partial charge in [-0.1, -0.05) is 58.8 Å². The van der Waals surface area contributed by atoms with Crippen molar-refractivity contribution in [3.63, 3.8) is 0 Å². The van der Waals surface area contributed by atoms with Crippen LogP contribution in [-0.2, 0) is 0 Å². The molecule has 0 saturated carbocycles. The molecule has 1 aliphatic heterocycles. The summed E-state index contributed by atoms with van der Waals surface area (Å²) in [5, 5.41) is 3.78. The molecule has 1 nitrogen and oxygen atoms in total. The smallest absolute Gasteiger partial charge is 0.0243 e. The van der Waals surface area contributed by atoms with Crippen molar-refractivity contribution in [3.8, 4) is 11.8 Å². The Hall–Kier alpha value is -0.480. The third-order valence-corrected chi connectivity index (χ3v) is 4.37. The summed E-state index contributed by atoms with van der Waals surface area (Å²) >= 11 is 0. The van der Waals surface area contributed by atoms with Crippen LogP contribution in [0.1, 0.15) is 97.3 Å². The van der Waals surface area contributed by atoms with E-state index in [1.54, 1.807) is 0 Å². The molecule has 1 heteroatoms. The van der Waals surface area contributed by atoms with Gasteiger partial charge >= 0.3 is 0 Å². The van der Waals surface area contributed by atoms with Crippen LogP contribution in [0.4, 0.5) is 0 Å². The molecule has 1 heterocycles. The lowest BCUT2D eigenvalue weighted by Crippen LogP contribution is -2.28. The van der Waals surface area contributed by atoms with Gasteiger partial charge in [-0.15, -0.1) is 11.8 Å². The first-order chi connectivity index (χ1) is 9.86. The molecular formula is C19H35N. The summed E-state index contributed by atoms with van der Waals surface area (Å²) in [7, 11) is 0. The first-order valence-electron chi connectivity index (χ1n) is 9.08. The molecule has 1 N–H and O–H groups in total. The minimum Gasteiger partial charge on any atom is -0.310 e. The van der Waals surface area contributed by atoms with E-state index >= 15 is 0 Å². The topological polar surface area (TPSA) is 12.0 Å². The van der Waals surface area contributed by atoms with E-state index in [-0.39, 0.29) is 0 Å². The molecule has 1 aliphatic rings. The van der Waals surface area contributed by atoms with E-state index in [2.05, 4.69) is 31.0 Å². The number of hydrogen-bond donors (Lipinski definition) is 1. The fourth-order valence-electron chi connectivity index (χ4n) is 3.03. The van der Waals surface area contributed by atoms with Gasteiger partial charge < -0.3 is 5.32 Å². The van der Waals surface area contributed by atoms with Gasteiger partial charge in [0.15, 0.2) is 0 Å². The van der Waals surface area contributed by atoms with Gasteiger partial charge in [-0.2, -0.15) is 0 Å². The van der Waals surface area contributed by atoms with Gasteiger partial charge in [0, 0.05) is 24.9 Å². The van der Waals surface area contributed by atoms with Gasteiger partial charge in [0.25, 0.3) is 0 Å².